The summed E-state index contributed by atoms with van der Waals surface area (Å²) in [6, 6.07) is 7.91. The predicted octanol–water partition coefficient (Wildman–Crippen LogP) is -0.000700. The quantitative estimate of drug-likeness (QED) is 0.659. The second kappa shape index (κ2) is 11.1. The fourth-order valence-corrected chi connectivity index (χ4v) is 0.923. The van der Waals surface area contributed by atoms with Crippen molar-refractivity contribution >= 4 is 35.7 Å². The third-order valence-electron chi connectivity index (χ3n) is 1.41. The fraction of sp³-hybridized carbons (Fsp3) is 0. The Labute approximate surface area is 99.3 Å². The highest BCUT2D eigenvalue weighted by molar-refractivity contribution is 5.85. The van der Waals surface area contributed by atoms with Crippen LogP contribution in [0, 0.1) is 0 Å². The van der Waals surface area contributed by atoms with E-state index < -0.39 is 0 Å². The lowest BCUT2D eigenvalue weighted by molar-refractivity contribution is 0.823. The SMILES string of the molecule is Cl.Cl.O.O.O.c1ccc2ncncc2c1. The van der Waals surface area contributed by atoms with E-state index >= 15 is 0 Å². The smallest absolute Gasteiger partial charge is 0.116 e. The highest BCUT2D eigenvalue weighted by Gasteiger charge is 1.87. The molecule has 2 aromatic rings. The van der Waals surface area contributed by atoms with E-state index in [9.17, 15) is 0 Å². The summed E-state index contributed by atoms with van der Waals surface area (Å²) in [7, 11) is 0. The zero-order chi connectivity index (χ0) is 6.81. The van der Waals surface area contributed by atoms with Crippen molar-refractivity contribution in [3.63, 3.8) is 0 Å². The molecule has 1 aromatic carbocycles. The number of hydrogen-bond acceptors (Lipinski definition) is 2. The summed E-state index contributed by atoms with van der Waals surface area (Å²) >= 11 is 0. The predicted molar refractivity (Wildman–Crippen MR) is 64.9 cm³/mol. The van der Waals surface area contributed by atoms with Gasteiger partial charge in [-0.3, -0.25) is 0 Å². The first-order valence-corrected chi connectivity index (χ1v) is 3.11. The molecule has 7 heteroatoms. The van der Waals surface area contributed by atoms with Gasteiger partial charge in [-0.05, 0) is 6.07 Å². The first-order chi connectivity index (χ1) is 4.97. The first kappa shape index (κ1) is 23.7. The highest BCUT2D eigenvalue weighted by Crippen LogP contribution is 2.06. The number of rotatable bonds is 0. The molecule has 15 heavy (non-hydrogen) atoms. The largest absolute Gasteiger partial charge is 0.412 e. The lowest BCUT2D eigenvalue weighted by atomic mass is 10.2. The highest BCUT2D eigenvalue weighted by atomic mass is 35.5. The van der Waals surface area contributed by atoms with Crippen molar-refractivity contribution in [2.45, 2.75) is 0 Å². The van der Waals surface area contributed by atoms with E-state index in [1.807, 2.05) is 30.5 Å². The lowest BCUT2D eigenvalue weighted by Gasteiger charge is -1.90. The van der Waals surface area contributed by atoms with E-state index in [-0.39, 0.29) is 41.2 Å². The third-order valence-corrected chi connectivity index (χ3v) is 1.41. The van der Waals surface area contributed by atoms with Gasteiger partial charge >= 0.3 is 0 Å². The van der Waals surface area contributed by atoms with Gasteiger partial charge in [0, 0.05) is 11.6 Å². The summed E-state index contributed by atoms with van der Waals surface area (Å²) in [5, 5.41) is 1.09. The van der Waals surface area contributed by atoms with Crippen LogP contribution < -0.4 is 0 Å². The van der Waals surface area contributed by atoms with Crippen LogP contribution in [0.25, 0.3) is 10.9 Å². The summed E-state index contributed by atoms with van der Waals surface area (Å²) in [5.41, 5.74) is 0.998. The standard InChI is InChI=1S/C8H6N2.2ClH.3H2O/c1-2-4-8-7(3-1)5-9-6-10-8;;;;;/h1-6H;2*1H;3*1H2. The van der Waals surface area contributed by atoms with Crippen LogP contribution in [0.4, 0.5) is 0 Å². The molecule has 0 spiro atoms. The van der Waals surface area contributed by atoms with E-state index in [0.29, 0.717) is 0 Å². The van der Waals surface area contributed by atoms with Crippen molar-refractivity contribution in [1.82, 2.24) is 9.97 Å². The Morgan fingerprint density at radius 3 is 2.07 bits per heavy atom. The van der Waals surface area contributed by atoms with Crippen LogP contribution in [-0.4, -0.2) is 26.4 Å². The van der Waals surface area contributed by atoms with Crippen LogP contribution in [0.2, 0.25) is 0 Å². The molecule has 0 atom stereocenters. The average Bonchev–Trinajstić information content (AvgIpc) is 2.05. The Hall–Kier alpha value is -0.980. The van der Waals surface area contributed by atoms with Gasteiger partial charge in [0.1, 0.15) is 6.33 Å². The molecular formula is C8H14Cl2N2O3. The zero-order valence-corrected chi connectivity index (χ0v) is 9.31. The van der Waals surface area contributed by atoms with Gasteiger partial charge in [0.05, 0.1) is 5.52 Å². The van der Waals surface area contributed by atoms with E-state index in [4.69, 9.17) is 0 Å². The first-order valence-electron chi connectivity index (χ1n) is 3.11. The molecule has 0 saturated carbocycles. The second-order valence-electron chi connectivity index (χ2n) is 2.08. The van der Waals surface area contributed by atoms with E-state index in [2.05, 4.69) is 9.97 Å². The van der Waals surface area contributed by atoms with Gasteiger partial charge in [-0.15, -0.1) is 24.8 Å². The number of para-hydroxylation sites is 1. The van der Waals surface area contributed by atoms with Crippen molar-refractivity contribution in [2.75, 3.05) is 0 Å². The average molecular weight is 257 g/mol. The van der Waals surface area contributed by atoms with Crippen molar-refractivity contribution in [1.29, 1.82) is 0 Å². The minimum absolute atomic E-state index is 0. The van der Waals surface area contributed by atoms with Gasteiger partial charge in [-0.2, -0.15) is 0 Å². The molecule has 0 unspecified atom stereocenters. The Bertz CT molecular complexity index is 297. The minimum atomic E-state index is 0. The fourth-order valence-electron chi connectivity index (χ4n) is 0.923. The number of nitrogens with zero attached hydrogens (tertiary/aromatic N) is 2. The van der Waals surface area contributed by atoms with Crippen LogP contribution in [0.5, 0.6) is 0 Å². The maximum atomic E-state index is 4.07. The maximum absolute atomic E-state index is 4.07. The molecule has 6 N–H and O–H groups in total. The van der Waals surface area contributed by atoms with Crippen LogP contribution in [0.1, 0.15) is 0 Å². The number of aromatic nitrogens is 2. The van der Waals surface area contributed by atoms with Crippen molar-refractivity contribution in [3.05, 3.63) is 36.8 Å². The maximum Gasteiger partial charge on any atom is 0.116 e. The number of fused-ring (bicyclic) bond motifs is 1. The van der Waals surface area contributed by atoms with Crippen LogP contribution in [-0.2, 0) is 0 Å². The summed E-state index contributed by atoms with van der Waals surface area (Å²) < 4.78 is 0. The zero-order valence-electron chi connectivity index (χ0n) is 7.68. The third kappa shape index (κ3) is 5.46. The molecule has 1 aromatic heterocycles. The Balaban J connectivity index is -0.000000121. The molecule has 0 aliphatic carbocycles. The van der Waals surface area contributed by atoms with Crippen LogP contribution in [0.15, 0.2) is 36.8 Å². The molecule has 0 bridgehead atoms. The Morgan fingerprint density at radius 1 is 0.867 bits per heavy atom. The van der Waals surface area contributed by atoms with Crippen LogP contribution >= 0.6 is 24.8 Å². The Morgan fingerprint density at radius 2 is 1.47 bits per heavy atom. The summed E-state index contributed by atoms with van der Waals surface area (Å²) in [6.45, 7) is 0. The summed E-state index contributed by atoms with van der Waals surface area (Å²) in [5.74, 6) is 0. The number of benzene rings is 1. The molecule has 0 aliphatic rings. The monoisotopic (exact) mass is 256 g/mol. The van der Waals surface area contributed by atoms with Crippen molar-refractivity contribution in [3.8, 4) is 0 Å². The molecule has 88 valence electrons. The molecule has 0 radical (unpaired) electrons. The van der Waals surface area contributed by atoms with Crippen LogP contribution in [0.3, 0.4) is 0 Å². The molecule has 0 amide bonds. The second-order valence-corrected chi connectivity index (χ2v) is 2.08. The molecule has 0 aliphatic heterocycles. The van der Waals surface area contributed by atoms with Gasteiger partial charge in [0.2, 0.25) is 0 Å². The Kier molecular flexibility index (Phi) is 17.5. The molecule has 5 nitrogen and oxygen atoms in total. The van der Waals surface area contributed by atoms with E-state index in [0.717, 1.165) is 10.9 Å². The molecule has 0 saturated heterocycles. The molecule has 2 rings (SSSR count). The van der Waals surface area contributed by atoms with Gasteiger partial charge in [-0.1, -0.05) is 18.2 Å². The molecule has 1 heterocycles. The molecular weight excluding hydrogens is 243 g/mol. The van der Waals surface area contributed by atoms with Gasteiger partial charge in [0.15, 0.2) is 0 Å². The van der Waals surface area contributed by atoms with Crippen molar-refractivity contribution < 1.29 is 16.4 Å². The van der Waals surface area contributed by atoms with Gasteiger partial charge < -0.3 is 16.4 Å². The van der Waals surface area contributed by atoms with E-state index in [1.165, 1.54) is 0 Å². The summed E-state index contributed by atoms with van der Waals surface area (Å²) in [4.78, 5) is 7.97. The molecule has 0 fully saturated rings. The number of halogens is 2. The van der Waals surface area contributed by atoms with Crippen molar-refractivity contribution in [2.24, 2.45) is 0 Å². The van der Waals surface area contributed by atoms with E-state index in [1.54, 1.807) is 6.33 Å². The van der Waals surface area contributed by atoms with Gasteiger partial charge in [-0.25, -0.2) is 9.97 Å². The topological polar surface area (TPSA) is 120 Å². The minimum Gasteiger partial charge on any atom is -0.412 e. The lowest BCUT2D eigenvalue weighted by Crippen LogP contribution is -1.77. The summed E-state index contributed by atoms with van der Waals surface area (Å²) in [6.07, 6.45) is 3.37. The van der Waals surface area contributed by atoms with Gasteiger partial charge in [0.25, 0.3) is 0 Å². The normalized spacial score (nSPS) is 6.67. The number of hydrogen-bond donors (Lipinski definition) is 0.